The van der Waals surface area contributed by atoms with Gasteiger partial charge in [0.2, 0.25) is 5.91 Å². The van der Waals surface area contributed by atoms with E-state index in [1.165, 1.54) is 0 Å². The minimum Gasteiger partial charge on any atom is -0.492 e. The lowest BCUT2D eigenvalue weighted by atomic mass is 10.1. The molecule has 1 fully saturated rings. The molecule has 0 radical (unpaired) electrons. The van der Waals surface area contributed by atoms with Crippen LogP contribution in [-0.2, 0) is 4.79 Å². The topological polar surface area (TPSA) is 93.5 Å². The van der Waals surface area contributed by atoms with Gasteiger partial charge in [0.15, 0.2) is 0 Å². The summed E-state index contributed by atoms with van der Waals surface area (Å²) in [5.41, 5.74) is 7.17. The molecule has 0 bridgehead atoms. The van der Waals surface area contributed by atoms with Crippen molar-refractivity contribution in [2.75, 3.05) is 23.8 Å². The highest BCUT2D eigenvalue weighted by Gasteiger charge is 2.39. The van der Waals surface area contributed by atoms with Crippen molar-refractivity contribution in [2.24, 2.45) is 17.6 Å². The highest BCUT2D eigenvalue weighted by Crippen LogP contribution is 2.38. The molecule has 0 heterocycles. The van der Waals surface area contributed by atoms with Gasteiger partial charge in [0, 0.05) is 29.4 Å². The summed E-state index contributed by atoms with van der Waals surface area (Å²) in [6.45, 7) is 2.95. The van der Waals surface area contributed by atoms with E-state index in [1.807, 2.05) is 0 Å². The first kappa shape index (κ1) is 20.7. The van der Waals surface area contributed by atoms with Gasteiger partial charge in [-0.05, 0) is 54.8 Å². The molecular weight excluding hydrogens is 366 g/mol. The summed E-state index contributed by atoms with van der Waals surface area (Å²) < 4.78 is 5.41. The minimum atomic E-state index is -0.239. The summed E-state index contributed by atoms with van der Waals surface area (Å²) in [7, 11) is 0. The first-order valence-electron chi connectivity index (χ1n) is 8.72. The van der Waals surface area contributed by atoms with Crippen LogP contribution in [0.15, 0.2) is 48.5 Å². The Morgan fingerprint density at radius 3 is 2.44 bits per heavy atom. The van der Waals surface area contributed by atoms with Crippen LogP contribution in [0.2, 0.25) is 0 Å². The van der Waals surface area contributed by atoms with Gasteiger partial charge >= 0.3 is 0 Å². The van der Waals surface area contributed by atoms with Crippen molar-refractivity contribution in [1.82, 2.24) is 0 Å². The van der Waals surface area contributed by atoms with E-state index in [0.29, 0.717) is 41.8 Å². The lowest BCUT2D eigenvalue weighted by Gasteiger charge is -2.09. The van der Waals surface area contributed by atoms with Gasteiger partial charge in [0.05, 0.1) is 0 Å². The third-order valence-electron chi connectivity index (χ3n) is 4.34. The maximum atomic E-state index is 12.4. The van der Waals surface area contributed by atoms with E-state index in [9.17, 15) is 9.59 Å². The molecule has 1 saturated carbocycles. The molecule has 1 aliphatic carbocycles. The summed E-state index contributed by atoms with van der Waals surface area (Å²) >= 11 is 0. The first-order chi connectivity index (χ1) is 12.6. The molecule has 2 amide bonds. The Labute approximate surface area is 164 Å². The number of carbonyl (C=O) groups is 2. The van der Waals surface area contributed by atoms with Crippen molar-refractivity contribution in [3.8, 4) is 5.75 Å². The Kier molecular flexibility index (Phi) is 7.21. The molecule has 2 aromatic carbocycles. The number of hydrogen-bond acceptors (Lipinski definition) is 4. The van der Waals surface area contributed by atoms with Crippen molar-refractivity contribution in [1.29, 1.82) is 0 Å². The van der Waals surface area contributed by atoms with Crippen LogP contribution in [0.25, 0.3) is 0 Å². The molecule has 2 aromatic rings. The molecule has 4 N–H and O–H groups in total. The fraction of sp³-hybridized carbons (Fsp3) is 0.300. The van der Waals surface area contributed by atoms with Crippen LogP contribution in [-0.4, -0.2) is 25.0 Å². The number of nitrogens with one attached hydrogen (secondary N) is 2. The van der Waals surface area contributed by atoms with E-state index in [4.69, 9.17) is 10.5 Å². The van der Waals surface area contributed by atoms with Gasteiger partial charge in [0.25, 0.3) is 5.91 Å². The molecule has 0 spiro atoms. The highest BCUT2D eigenvalue weighted by atomic mass is 35.5. The number of halogens is 1. The number of carbonyl (C=O) groups excluding carboxylic acids is 2. The van der Waals surface area contributed by atoms with E-state index in [2.05, 4.69) is 17.6 Å². The number of amides is 2. The zero-order valence-corrected chi connectivity index (χ0v) is 15.9. The maximum absolute atomic E-state index is 12.4. The highest BCUT2D eigenvalue weighted by molar-refractivity contribution is 6.05. The van der Waals surface area contributed by atoms with Gasteiger partial charge in [0.1, 0.15) is 12.4 Å². The van der Waals surface area contributed by atoms with Crippen LogP contribution in [0.4, 0.5) is 11.4 Å². The molecule has 6 nitrogen and oxygen atoms in total. The van der Waals surface area contributed by atoms with Crippen molar-refractivity contribution < 1.29 is 14.3 Å². The minimum absolute atomic E-state index is 0. The van der Waals surface area contributed by atoms with Crippen molar-refractivity contribution in [2.45, 2.75) is 13.3 Å². The number of hydrogen-bond donors (Lipinski definition) is 3. The van der Waals surface area contributed by atoms with Crippen LogP contribution in [0.1, 0.15) is 23.7 Å². The largest absolute Gasteiger partial charge is 0.492 e. The standard InChI is InChI=1S/C20H23N3O3.ClH/c1-13-11-18(13)20(25)23-16-4-2-3-14(12-16)19(24)22-15-5-7-17(8-6-15)26-10-9-21;/h2-8,12-13,18H,9-11,21H2,1H3,(H,22,24)(H,23,25);1H. The smallest absolute Gasteiger partial charge is 0.255 e. The van der Waals surface area contributed by atoms with Crippen LogP contribution in [0, 0.1) is 11.8 Å². The third-order valence-corrected chi connectivity index (χ3v) is 4.34. The molecule has 144 valence electrons. The number of nitrogens with two attached hydrogens (primary N) is 1. The third kappa shape index (κ3) is 5.70. The van der Waals surface area contributed by atoms with Gasteiger partial charge in [-0.25, -0.2) is 0 Å². The zero-order chi connectivity index (χ0) is 18.5. The summed E-state index contributed by atoms with van der Waals surface area (Å²) in [5.74, 6) is 1.01. The Balaban J connectivity index is 0.00000261. The summed E-state index contributed by atoms with van der Waals surface area (Å²) in [5, 5.41) is 5.71. The molecular formula is C20H24ClN3O3. The lowest BCUT2D eigenvalue weighted by Crippen LogP contribution is -2.16. The average Bonchev–Trinajstić information content (AvgIpc) is 3.38. The molecule has 27 heavy (non-hydrogen) atoms. The summed E-state index contributed by atoms with van der Waals surface area (Å²) in [4.78, 5) is 24.5. The molecule has 7 heteroatoms. The normalized spacial score (nSPS) is 17.4. The maximum Gasteiger partial charge on any atom is 0.255 e. The van der Waals surface area contributed by atoms with Gasteiger partial charge in [-0.1, -0.05) is 13.0 Å². The van der Waals surface area contributed by atoms with E-state index in [0.717, 1.165) is 6.42 Å². The van der Waals surface area contributed by atoms with Gasteiger partial charge < -0.3 is 21.1 Å². The van der Waals surface area contributed by atoms with Crippen LogP contribution < -0.4 is 21.1 Å². The fourth-order valence-electron chi connectivity index (χ4n) is 2.68. The second kappa shape index (κ2) is 9.39. The molecule has 1 aliphatic rings. The SMILES string of the molecule is CC1CC1C(=O)Nc1cccc(C(=O)Nc2ccc(OCCN)cc2)c1.Cl. The predicted molar refractivity (Wildman–Crippen MR) is 109 cm³/mol. The molecule has 2 unspecified atom stereocenters. The van der Waals surface area contributed by atoms with Gasteiger partial charge in [-0.3, -0.25) is 9.59 Å². The molecule has 2 atom stereocenters. The molecule has 0 saturated heterocycles. The van der Waals surface area contributed by atoms with Crippen molar-refractivity contribution >= 4 is 35.6 Å². The average molecular weight is 390 g/mol. The van der Waals surface area contributed by atoms with Crippen molar-refractivity contribution in [3.05, 3.63) is 54.1 Å². The van der Waals surface area contributed by atoms with E-state index >= 15 is 0 Å². The lowest BCUT2D eigenvalue weighted by molar-refractivity contribution is -0.117. The van der Waals surface area contributed by atoms with Crippen molar-refractivity contribution in [3.63, 3.8) is 0 Å². The molecule has 0 aliphatic heterocycles. The van der Waals surface area contributed by atoms with Crippen LogP contribution in [0.5, 0.6) is 5.75 Å². The number of rotatable bonds is 7. The Bertz CT molecular complexity index is 795. The summed E-state index contributed by atoms with van der Waals surface area (Å²) in [6.07, 6.45) is 0.928. The van der Waals surface area contributed by atoms with Crippen LogP contribution in [0.3, 0.4) is 0 Å². The quantitative estimate of drug-likeness (QED) is 0.677. The van der Waals surface area contributed by atoms with Gasteiger partial charge in [-0.15, -0.1) is 12.4 Å². The number of benzene rings is 2. The van der Waals surface area contributed by atoms with E-state index in [-0.39, 0.29) is 30.1 Å². The van der Waals surface area contributed by atoms with Crippen LogP contribution >= 0.6 is 12.4 Å². The Hall–Kier alpha value is -2.57. The predicted octanol–water partition coefficient (Wildman–Crippen LogP) is 3.29. The zero-order valence-electron chi connectivity index (χ0n) is 15.1. The number of anilines is 2. The number of ether oxygens (including phenoxy) is 1. The van der Waals surface area contributed by atoms with E-state index in [1.54, 1.807) is 48.5 Å². The van der Waals surface area contributed by atoms with E-state index < -0.39 is 0 Å². The first-order valence-corrected chi connectivity index (χ1v) is 8.72. The molecule has 3 rings (SSSR count). The molecule has 0 aromatic heterocycles. The second-order valence-corrected chi connectivity index (χ2v) is 6.51. The monoisotopic (exact) mass is 389 g/mol. The second-order valence-electron chi connectivity index (χ2n) is 6.51. The Morgan fingerprint density at radius 2 is 1.81 bits per heavy atom. The summed E-state index contributed by atoms with van der Waals surface area (Å²) in [6, 6.07) is 14.0. The fourth-order valence-corrected chi connectivity index (χ4v) is 2.68. The Morgan fingerprint density at radius 1 is 1.11 bits per heavy atom. The van der Waals surface area contributed by atoms with Gasteiger partial charge in [-0.2, -0.15) is 0 Å².